The summed E-state index contributed by atoms with van der Waals surface area (Å²) in [6.07, 6.45) is 0. The third kappa shape index (κ3) is 9.62. The van der Waals surface area contributed by atoms with Crippen molar-refractivity contribution in [3.8, 4) is 0 Å². The maximum atomic E-state index is 3.00. The molecule has 0 aliphatic rings. The molecule has 0 saturated carbocycles. The van der Waals surface area contributed by atoms with E-state index in [2.05, 4.69) is 45.2 Å². The summed E-state index contributed by atoms with van der Waals surface area (Å²) in [6.45, 7) is 10.2. The fourth-order valence-electron chi connectivity index (χ4n) is 1.04. The Hall–Kier alpha value is -0.677. The molecular weight excluding hydrogens is 259 g/mol. The van der Waals surface area contributed by atoms with Crippen molar-refractivity contribution in [1.82, 2.24) is 0 Å². The monoisotopic (exact) mass is 276 g/mol. The Labute approximate surface area is 112 Å². The van der Waals surface area contributed by atoms with Crippen LogP contribution in [0, 0.1) is 13.8 Å². The summed E-state index contributed by atoms with van der Waals surface area (Å²) in [5.41, 5.74) is 2.72. The normalized spacial score (nSPS) is 7.33. The first-order chi connectivity index (χ1) is 6.79. The van der Waals surface area contributed by atoms with Crippen molar-refractivity contribution in [3.63, 3.8) is 0 Å². The summed E-state index contributed by atoms with van der Waals surface area (Å²) in [6, 6.07) is 16.4. The van der Waals surface area contributed by atoms with Gasteiger partial charge >= 0.3 is 26.2 Å². The molecule has 0 N–H and O–H groups in total. The van der Waals surface area contributed by atoms with Crippen LogP contribution >= 0.6 is 0 Å². The van der Waals surface area contributed by atoms with Crippen LogP contribution in [0.3, 0.4) is 0 Å². The molecule has 1 heteroatoms. The first-order valence-electron chi connectivity index (χ1n) is 4.65. The van der Waals surface area contributed by atoms with Gasteiger partial charge < -0.3 is 0 Å². The standard InChI is InChI=1S/C7H9.C5H5.C2H4.Zr/c1-6-3-4-7(2)5-6;1-2-4-5-3-1;1-2;/h3-5H,1-2H3;1-5H;1-2H2;/q2*-1;;+2. The molecule has 0 nitrogen and oxygen atoms in total. The molecule has 0 bridgehead atoms. The molecular formula is C14H18Zr. The Kier molecular flexibility index (Phi) is 12.7. The average molecular weight is 278 g/mol. The molecule has 0 heterocycles. The van der Waals surface area contributed by atoms with E-state index in [1.165, 1.54) is 11.1 Å². The second-order valence-electron chi connectivity index (χ2n) is 2.93. The van der Waals surface area contributed by atoms with Gasteiger partial charge in [-0.3, -0.25) is 0 Å². The second-order valence-corrected chi connectivity index (χ2v) is 2.93. The van der Waals surface area contributed by atoms with Crippen molar-refractivity contribution in [1.29, 1.82) is 0 Å². The average Bonchev–Trinajstić information content (AvgIpc) is 2.84. The van der Waals surface area contributed by atoms with E-state index in [1.54, 1.807) is 0 Å². The number of hydrogen-bond donors (Lipinski definition) is 0. The molecule has 0 aromatic heterocycles. The third-order valence-corrected chi connectivity index (χ3v) is 1.62. The third-order valence-electron chi connectivity index (χ3n) is 1.62. The first kappa shape index (κ1) is 16.7. The minimum Gasteiger partial charge on any atom is -0.214 e. The minimum atomic E-state index is 0. The summed E-state index contributed by atoms with van der Waals surface area (Å²) < 4.78 is 0. The zero-order chi connectivity index (χ0) is 10.8. The maximum Gasteiger partial charge on any atom is 2.00 e. The van der Waals surface area contributed by atoms with Gasteiger partial charge in [0.1, 0.15) is 0 Å². The largest absolute Gasteiger partial charge is 2.00 e. The quantitative estimate of drug-likeness (QED) is 0.499. The van der Waals surface area contributed by atoms with Crippen LogP contribution in [-0.4, -0.2) is 0 Å². The summed E-state index contributed by atoms with van der Waals surface area (Å²) in [5.74, 6) is 0. The van der Waals surface area contributed by atoms with Gasteiger partial charge in [0, 0.05) is 0 Å². The summed E-state index contributed by atoms with van der Waals surface area (Å²) in [7, 11) is 0. The molecule has 0 fully saturated rings. The van der Waals surface area contributed by atoms with Gasteiger partial charge in [-0.2, -0.15) is 35.4 Å². The molecule has 0 spiro atoms. The van der Waals surface area contributed by atoms with Crippen LogP contribution in [0.25, 0.3) is 0 Å². The molecule has 2 aromatic rings. The summed E-state index contributed by atoms with van der Waals surface area (Å²) in [4.78, 5) is 0. The van der Waals surface area contributed by atoms with Crippen molar-refractivity contribution >= 4 is 0 Å². The van der Waals surface area contributed by atoms with Gasteiger partial charge in [0.25, 0.3) is 0 Å². The Morgan fingerprint density at radius 1 is 0.933 bits per heavy atom. The molecule has 0 amide bonds. The Morgan fingerprint density at radius 3 is 1.47 bits per heavy atom. The van der Waals surface area contributed by atoms with Crippen molar-refractivity contribution in [3.05, 3.63) is 72.8 Å². The van der Waals surface area contributed by atoms with Crippen molar-refractivity contribution in [2.24, 2.45) is 0 Å². The van der Waals surface area contributed by atoms with Crippen LogP contribution < -0.4 is 0 Å². The van der Waals surface area contributed by atoms with Gasteiger partial charge in [-0.15, -0.1) is 13.2 Å². The van der Waals surface area contributed by atoms with E-state index in [4.69, 9.17) is 0 Å². The van der Waals surface area contributed by atoms with Crippen LogP contribution in [0.2, 0.25) is 0 Å². The van der Waals surface area contributed by atoms with Gasteiger partial charge in [0.2, 0.25) is 0 Å². The van der Waals surface area contributed by atoms with Crippen LogP contribution in [0.4, 0.5) is 0 Å². The van der Waals surface area contributed by atoms with E-state index < -0.39 is 0 Å². The van der Waals surface area contributed by atoms with Crippen LogP contribution in [0.1, 0.15) is 11.1 Å². The van der Waals surface area contributed by atoms with Crippen LogP contribution in [0.5, 0.6) is 0 Å². The number of aryl methyl sites for hydroxylation is 2. The van der Waals surface area contributed by atoms with Crippen molar-refractivity contribution in [2.75, 3.05) is 0 Å². The van der Waals surface area contributed by atoms with Crippen LogP contribution in [-0.2, 0) is 26.2 Å². The molecule has 0 aliphatic heterocycles. The second kappa shape index (κ2) is 11.4. The van der Waals surface area contributed by atoms with Gasteiger partial charge in [-0.05, 0) is 0 Å². The molecule has 0 atom stereocenters. The van der Waals surface area contributed by atoms with E-state index in [-0.39, 0.29) is 26.2 Å². The van der Waals surface area contributed by atoms with E-state index in [0.717, 1.165) is 0 Å². The van der Waals surface area contributed by atoms with E-state index in [0.29, 0.717) is 0 Å². The summed E-state index contributed by atoms with van der Waals surface area (Å²) in [5, 5.41) is 0. The fourth-order valence-corrected chi connectivity index (χ4v) is 1.04. The zero-order valence-corrected chi connectivity index (χ0v) is 12.0. The van der Waals surface area contributed by atoms with E-state index >= 15 is 0 Å². The Balaban J connectivity index is 0. The molecule has 2 rings (SSSR count). The molecule has 0 unspecified atom stereocenters. The molecule has 78 valence electrons. The van der Waals surface area contributed by atoms with Crippen molar-refractivity contribution in [2.45, 2.75) is 13.8 Å². The number of rotatable bonds is 0. The predicted molar refractivity (Wildman–Crippen MR) is 64.8 cm³/mol. The van der Waals surface area contributed by atoms with Gasteiger partial charge in [-0.1, -0.05) is 13.8 Å². The van der Waals surface area contributed by atoms with Crippen LogP contribution in [0.15, 0.2) is 61.7 Å². The molecule has 2 aromatic carbocycles. The SMILES string of the molecule is C=C.Cc1ccc(C)[cH-]1.[Zr+2].c1cc[cH-]c1. The van der Waals surface area contributed by atoms with Gasteiger partial charge in [-0.25, -0.2) is 24.3 Å². The van der Waals surface area contributed by atoms with Crippen molar-refractivity contribution < 1.29 is 26.2 Å². The van der Waals surface area contributed by atoms with Gasteiger partial charge in [0.05, 0.1) is 0 Å². The molecule has 0 saturated heterocycles. The molecule has 15 heavy (non-hydrogen) atoms. The zero-order valence-electron chi connectivity index (χ0n) is 9.53. The van der Waals surface area contributed by atoms with E-state index in [9.17, 15) is 0 Å². The molecule has 0 aliphatic carbocycles. The smallest absolute Gasteiger partial charge is 0.214 e. The topological polar surface area (TPSA) is 0 Å². The van der Waals surface area contributed by atoms with E-state index in [1.807, 2.05) is 30.3 Å². The van der Waals surface area contributed by atoms with Gasteiger partial charge in [0.15, 0.2) is 0 Å². The Bertz CT molecular complexity index is 270. The fraction of sp³-hybridized carbons (Fsp3) is 0.143. The predicted octanol–water partition coefficient (Wildman–Crippen LogP) is 4.23. The first-order valence-corrected chi connectivity index (χ1v) is 4.65. The molecule has 0 radical (unpaired) electrons. The minimum absolute atomic E-state index is 0. The maximum absolute atomic E-state index is 3.00. The Morgan fingerprint density at radius 2 is 1.33 bits per heavy atom. The number of hydrogen-bond acceptors (Lipinski definition) is 0. The summed E-state index contributed by atoms with van der Waals surface area (Å²) >= 11 is 0.